The van der Waals surface area contributed by atoms with E-state index in [1.807, 2.05) is 69.0 Å². The van der Waals surface area contributed by atoms with E-state index in [2.05, 4.69) is 15.2 Å². The Morgan fingerprint density at radius 3 is 2.44 bits per heavy atom. The number of amides is 1. The minimum Gasteiger partial charge on any atom is -0.369 e. The monoisotopic (exact) mass is 384 g/mol. The predicted molar refractivity (Wildman–Crippen MR) is 108 cm³/mol. The molecule has 0 bridgehead atoms. The van der Waals surface area contributed by atoms with Crippen molar-refractivity contribution in [3.05, 3.63) is 36.4 Å². The average Bonchev–Trinajstić information content (AvgIpc) is 3.03. The Morgan fingerprint density at radius 1 is 1.15 bits per heavy atom. The Labute approximate surface area is 163 Å². The zero-order chi connectivity index (χ0) is 19.6. The summed E-state index contributed by atoms with van der Waals surface area (Å²) in [6.07, 6.45) is 0. The summed E-state index contributed by atoms with van der Waals surface area (Å²) in [5.74, 6) is 0.641. The van der Waals surface area contributed by atoms with E-state index >= 15 is 0 Å². The van der Waals surface area contributed by atoms with E-state index in [4.69, 9.17) is 5.73 Å². The first-order valence-electron chi connectivity index (χ1n) is 8.89. The van der Waals surface area contributed by atoms with Gasteiger partial charge < -0.3 is 10.6 Å². The highest BCUT2D eigenvalue weighted by Gasteiger charge is 2.21. The number of nitrogens with two attached hydrogens (primary N) is 1. The zero-order valence-corrected chi connectivity index (χ0v) is 16.8. The van der Waals surface area contributed by atoms with Crippen LogP contribution in [0.1, 0.15) is 27.7 Å². The van der Waals surface area contributed by atoms with Crippen molar-refractivity contribution in [3.8, 4) is 11.3 Å². The Hall–Kier alpha value is -2.61. The summed E-state index contributed by atoms with van der Waals surface area (Å²) in [5.41, 5.74) is 8.48. The minimum absolute atomic E-state index is 0.0641. The fourth-order valence-corrected chi connectivity index (χ4v) is 3.96. The van der Waals surface area contributed by atoms with Crippen LogP contribution < -0.4 is 5.73 Å². The molecule has 3 aromatic rings. The van der Waals surface area contributed by atoms with E-state index in [9.17, 15) is 4.79 Å². The van der Waals surface area contributed by atoms with Crippen LogP contribution in [0.5, 0.6) is 0 Å². The highest BCUT2D eigenvalue weighted by atomic mass is 32.2. The zero-order valence-electron chi connectivity index (χ0n) is 16.0. The lowest BCUT2D eigenvalue weighted by Gasteiger charge is -2.30. The molecule has 0 saturated heterocycles. The standard InChI is InChI=1S/C19H24N6OS/c1-12(2)24(13(3)4)17(26)11-27-19-23-22-16-10-15(21-18(20)25(16)19)14-8-6-5-7-9-14/h5-10,12-13H,11H2,1-4H3,(H2,20,21). The summed E-state index contributed by atoms with van der Waals surface area (Å²) in [6, 6.07) is 11.9. The maximum atomic E-state index is 12.6. The van der Waals surface area contributed by atoms with Crippen LogP contribution >= 0.6 is 11.8 Å². The van der Waals surface area contributed by atoms with E-state index in [0.29, 0.717) is 16.8 Å². The Bertz CT molecular complexity index is 930. The van der Waals surface area contributed by atoms with Gasteiger partial charge in [0.2, 0.25) is 11.9 Å². The number of carbonyl (C=O) groups is 1. The lowest BCUT2D eigenvalue weighted by molar-refractivity contribution is -0.131. The van der Waals surface area contributed by atoms with Crippen LogP contribution in [-0.2, 0) is 4.79 Å². The third-order valence-corrected chi connectivity index (χ3v) is 5.10. The SMILES string of the molecule is CC(C)N(C(=O)CSc1nnc2cc(-c3ccccc3)nc(N)n12)C(C)C. The van der Waals surface area contributed by atoms with Gasteiger partial charge in [0.1, 0.15) is 0 Å². The van der Waals surface area contributed by atoms with Crippen molar-refractivity contribution in [2.45, 2.75) is 44.9 Å². The fraction of sp³-hybridized carbons (Fsp3) is 0.368. The molecule has 0 spiro atoms. The third-order valence-electron chi connectivity index (χ3n) is 4.18. The van der Waals surface area contributed by atoms with Gasteiger partial charge in [0, 0.05) is 23.7 Å². The molecule has 0 saturated carbocycles. The summed E-state index contributed by atoms with van der Waals surface area (Å²) in [5, 5.41) is 8.97. The molecule has 8 heteroatoms. The lowest BCUT2D eigenvalue weighted by atomic mass is 10.1. The molecule has 0 unspecified atom stereocenters. The number of nitrogens with zero attached hydrogens (tertiary/aromatic N) is 5. The summed E-state index contributed by atoms with van der Waals surface area (Å²) >= 11 is 1.32. The van der Waals surface area contributed by atoms with E-state index in [0.717, 1.165) is 11.3 Å². The highest BCUT2D eigenvalue weighted by Crippen LogP contribution is 2.24. The molecule has 0 atom stereocenters. The normalized spacial score (nSPS) is 11.5. The van der Waals surface area contributed by atoms with Crippen molar-refractivity contribution in [2.24, 2.45) is 0 Å². The molecule has 0 aliphatic rings. The van der Waals surface area contributed by atoms with Gasteiger partial charge in [0.25, 0.3) is 0 Å². The summed E-state index contributed by atoms with van der Waals surface area (Å²) < 4.78 is 1.68. The molecule has 0 fully saturated rings. The number of thioether (sulfide) groups is 1. The largest absolute Gasteiger partial charge is 0.369 e. The van der Waals surface area contributed by atoms with Crippen LogP contribution in [-0.4, -0.2) is 48.2 Å². The molecule has 3 rings (SSSR count). The smallest absolute Gasteiger partial charge is 0.233 e. The van der Waals surface area contributed by atoms with Crippen molar-refractivity contribution < 1.29 is 4.79 Å². The van der Waals surface area contributed by atoms with Crippen LogP contribution in [0.15, 0.2) is 41.6 Å². The molecule has 0 radical (unpaired) electrons. The average molecular weight is 385 g/mol. The molecule has 2 N–H and O–H groups in total. The molecular weight excluding hydrogens is 360 g/mol. The van der Waals surface area contributed by atoms with Crippen molar-refractivity contribution in [3.63, 3.8) is 0 Å². The Morgan fingerprint density at radius 2 is 1.81 bits per heavy atom. The van der Waals surface area contributed by atoms with E-state index in [-0.39, 0.29) is 23.7 Å². The van der Waals surface area contributed by atoms with Crippen LogP contribution in [0.4, 0.5) is 5.95 Å². The van der Waals surface area contributed by atoms with Crippen molar-refractivity contribution in [1.82, 2.24) is 24.5 Å². The number of anilines is 1. The number of hydrogen-bond acceptors (Lipinski definition) is 6. The first-order chi connectivity index (χ1) is 12.9. The van der Waals surface area contributed by atoms with Gasteiger partial charge in [-0.1, -0.05) is 42.1 Å². The van der Waals surface area contributed by atoms with Gasteiger partial charge in [-0.15, -0.1) is 10.2 Å². The number of carbonyl (C=O) groups excluding carboxylic acids is 1. The van der Waals surface area contributed by atoms with Gasteiger partial charge in [-0.3, -0.25) is 4.79 Å². The second-order valence-electron chi connectivity index (χ2n) is 6.82. The molecule has 0 aliphatic carbocycles. The third kappa shape index (κ3) is 4.05. The molecule has 1 amide bonds. The first-order valence-corrected chi connectivity index (χ1v) is 9.88. The van der Waals surface area contributed by atoms with Gasteiger partial charge in [0.15, 0.2) is 10.8 Å². The van der Waals surface area contributed by atoms with Crippen LogP contribution in [0.25, 0.3) is 16.9 Å². The highest BCUT2D eigenvalue weighted by molar-refractivity contribution is 7.99. The maximum absolute atomic E-state index is 12.6. The van der Waals surface area contributed by atoms with Crippen LogP contribution in [0.3, 0.4) is 0 Å². The van der Waals surface area contributed by atoms with Crippen molar-refractivity contribution in [2.75, 3.05) is 11.5 Å². The second-order valence-corrected chi connectivity index (χ2v) is 7.76. The fourth-order valence-electron chi connectivity index (χ4n) is 3.14. The first kappa shape index (κ1) is 19.2. The number of fused-ring (bicyclic) bond motifs is 1. The van der Waals surface area contributed by atoms with E-state index in [1.165, 1.54) is 11.8 Å². The van der Waals surface area contributed by atoms with Gasteiger partial charge in [-0.05, 0) is 27.7 Å². The van der Waals surface area contributed by atoms with Crippen LogP contribution in [0, 0.1) is 0 Å². The molecule has 2 heterocycles. The lowest BCUT2D eigenvalue weighted by Crippen LogP contribution is -2.43. The molecular formula is C19H24N6OS. The molecule has 1 aromatic carbocycles. The number of aromatic nitrogens is 4. The minimum atomic E-state index is 0.0641. The van der Waals surface area contributed by atoms with E-state index < -0.39 is 0 Å². The summed E-state index contributed by atoms with van der Waals surface area (Å²) in [4.78, 5) is 18.9. The van der Waals surface area contributed by atoms with Gasteiger partial charge in [0.05, 0.1) is 11.4 Å². The number of hydrogen-bond donors (Lipinski definition) is 1. The van der Waals surface area contributed by atoms with Gasteiger partial charge in [-0.25, -0.2) is 9.38 Å². The van der Waals surface area contributed by atoms with E-state index in [1.54, 1.807) is 4.40 Å². The maximum Gasteiger partial charge on any atom is 0.233 e. The number of nitrogen functional groups attached to an aromatic ring is 1. The van der Waals surface area contributed by atoms with Crippen molar-refractivity contribution in [1.29, 1.82) is 0 Å². The predicted octanol–water partition coefficient (Wildman–Crippen LogP) is 3.11. The molecule has 27 heavy (non-hydrogen) atoms. The molecule has 0 aliphatic heterocycles. The van der Waals surface area contributed by atoms with Crippen LogP contribution in [0.2, 0.25) is 0 Å². The van der Waals surface area contributed by atoms with Gasteiger partial charge >= 0.3 is 0 Å². The number of rotatable bonds is 6. The summed E-state index contributed by atoms with van der Waals surface area (Å²) in [7, 11) is 0. The Balaban J connectivity index is 1.84. The molecule has 7 nitrogen and oxygen atoms in total. The number of benzene rings is 1. The Kier molecular flexibility index (Phi) is 5.65. The quantitative estimate of drug-likeness (QED) is 0.657. The summed E-state index contributed by atoms with van der Waals surface area (Å²) in [6.45, 7) is 8.06. The molecule has 142 valence electrons. The van der Waals surface area contributed by atoms with Crippen molar-refractivity contribution >= 4 is 29.3 Å². The topological polar surface area (TPSA) is 89.4 Å². The second kappa shape index (κ2) is 7.96. The van der Waals surface area contributed by atoms with Gasteiger partial charge in [-0.2, -0.15) is 0 Å². The molecule has 2 aromatic heterocycles.